The monoisotopic (exact) mass is 414 g/mol. The van der Waals surface area contributed by atoms with Crippen LogP contribution in [0.5, 0.6) is 0 Å². The molecule has 0 aliphatic heterocycles. The minimum Gasteiger partial charge on any atom is -0.444 e. The lowest BCUT2D eigenvalue weighted by Crippen LogP contribution is -2.36. The first-order valence-electron chi connectivity index (χ1n) is 9.84. The number of nitrogens with two attached hydrogens (primary N) is 1. The first-order valence-corrected chi connectivity index (χ1v) is 9.84. The van der Waals surface area contributed by atoms with Gasteiger partial charge in [-0.05, 0) is 33.6 Å². The van der Waals surface area contributed by atoms with Crippen molar-refractivity contribution in [3.8, 4) is 6.26 Å². The molecule has 0 aliphatic carbocycles. The van der Waals surface area contributed by atoms with Gasteiger partial charge in [0.15, 0.2) is 0 Å². The largest absolute Gasteiger partial charge is 0.444 e. The Labute approximate surface area is 177 Å². The van der Waals surface area contributed by atoms with Gasteiger partial charge in [0.2, 0.25) is 0 Å². The molecule has 0 radical (unpaired) electrons. The van der Waals surface area contributed by atoms with Gasteiger partial charge in [-0.15, -0.1) is 5.26 Å². The summed E-state index contributed by atoms with van der Waals surface area (Å²) in [6.07, 6.45) is 4.91. The summed E-state index contributed by atoms with van der Waals surface area (Å²) in [5.41, 5.74) is 5.25. The molecular formula is C21H42N4O4. The van der Waals surface area contributed by atoms with Crippen molar-refractivity contribution in [1.29, 1.82) is 5.26 Å². The number of ether oxygens (including phenoxy) is 2. The van der Waals surface area contributed by atoms with Crippen molar-refractivity contribution < 1.29 is 19.1 Å². The fourth-order valence-corrected chi connectivity index (χ4v) is 1.43. The summed E-state index contributed by atoms with van der Waals surface area (Å²) in [5.74, 6) is 0.769. The second-order valence-corrected chi connectivity index (χ2v) is 7.82. The lowest BCUT2D eigenvalue weighted by atomic mass is 10.1. The Morgan fingerprint density at radius 2 is 1.66 bits per heavy atom. The number of likely N-dealkylation sites (N-methyl/N-ethyl adjacent to an activating group) is 2. The van der Waals surface area contributed by atoms with Crippen molar-refractivity contribution in [2.24, 2.45) is 11.7 Å². The maximum absolute atomic E-state index is 11.2. The van der Waals surface area contributed by atoms with Gasteiger partial charge in [-0.1, -0.05) is 33.6 Å². The zero-order chi connectivity index (χ0) is 23.6. The number of carbonyl (C=O) groups is 2. The summed E-state index contributed by atoms with van der Waals surface area (Å²) < 4.78 is 9.35. The van der Waals surface area contributed by atoms with Gasteiger partial charge in [-0.3, -0.25) is 4.79 Å². The third-order valence-corrected chi connectivity index (χ3v) is 3.60. The van der Waals surface area contributed by atoms with Crippen LogP contribution in [0.25, 0.3) is 0 Å². The molecule has 0 aromatic heterocycles. The van der Waals surface area contributed by atoms with Crippen LogP contribution in [0.3, 0.4) is 0 Å². The maximum atomic E-state index is 11.2. The van der Waals surface area contributed by atoms with Crippen LogP contribution >= 0.6 is 0 Å². The van der Waals surface area contributed by atoms with E-state index in [-0.39, 0.29) is 12.0 Å². The molecule has 0 aromatic rings. The number of nitriles is 1. The number of carbonyl (C=O) groups excluding carboxylic acids is 2. The van der Waals surface area contributed by atoms with Gasteiger partial charge in [0.25, 0.3) is 12.2 Å². The Morgan fingerprint density at radius 3 is 1.93 bits per heavy atom. The molecule has 0 spiro atoms. The first-order chi connectivity index (χ1) is 13.3. The van der Waals surface area contributed by atoms with E-state index < -0.39 is 5.60 Å². The molecule has 2 amide bonds. The fraction of sp³-hybridized carbons (Fsp3) is 0.762. The van der Waals surface area contributed by atoms with E-state index in [0.717, 1.165) is 12.2 Å². The van der Waals surface area contributed by atoms with E-state index in [2.05, 4.69) is 25.5 Å². The number of amides is 2. The average molecular weight is 415 g/mol. The van der Waals surface area contributed by atoms with Gasteiger partial charge in [0, 0.05) is 34.2 Å². The first kappa shape index (κ1) is 31.4. The van der Waals surface area contributed by atoms with E-state index in [0.29, 0.717) is 18.7 Å². The standard InChI is InChI=1S/C8H18N2O2.C7H10N2O2.C6H14/c1-8(2,3)12-7(11)10(4)6-5-9;1-6(4-11-5-8)7(10)9(2)3;1-4-6(3)5-2/h5-6,9H2,1-4H3;4H,1-3H3;6H,4-5H2,1-3H3/b;6-4+;. The normalized spacial score (nSPS) is 10.5. The van der Waals surface area contributed by atoms with Gasteiger partial charge in [-0.2, -0.15) is 0 Å². The SMILES string of the molecule is C/C(=C\OC#N)C(=O)N(C)C.CCC(C)CC.CN(CCN)C(=O)OC(C)(C)C. The Hall–Kier alpha value is -2.27. The van der Waals surface area contributed by atoms with Crippen LogP contribution in [-0.4, -0.2) is 61.6 Å². The second kappa shape index (κ2) is 17.8. The molecule has 0 rings (SSSR count). The summed E-state index contributed by atoms with van der Waals surface area (Å²) in [7, 11) is 4.93. The maximum Gasteiger partial charge on any atom is 0.410 e. The summed E-state index contributed by atoms with van der Waals surface area (Å²) >= 11 is 0. The average Bonchev–Trinajstić information content (AvgIpc) is 2.64. The molecule has 2 N–H and O–H groups in total. The number of hydrogen-bond donors (Lipinski definition) is 1. The Bertz CT molecular complexity index is 516. The molecule has 8 nitrogen and oxygen atoms in total. The highest BCUT2D eigenvalue weighted by molar-refractivity contribution is 5.92. The van der Waals surface area contributed by atoms with Crippen LogP contribution in [0.1, 0.15) is 61.3 Å². The van der Waals surface area contributed by atoms with Crippen LogP contribution in [0.15, 0.2) is 11.8 Å². The molecule has 0 fully saturated rings. The van der Waals surface area contributed by atoms with Crippen molar-refractivity contribution in [3.05, 3.63) is 11.8 Å². The van der Waals surface area contributed by atoms with E-state index in [1.165, 1.54) is 28.9 Å². The number of nitrogens with zero attached hydrogens (tertiary/aromatic N) is 3. The molecule has 0 unspecified atom stereocenters. The van der Waals surface area contributed by atoms with Gasteiger partial charge >= 0.3 is 6.09 Å². The van der Waals surface area contributed by atoms with Crippen molar-refractivity contribution >= 4 is 12.0 Å². The number of hydrogen-bond acceptors (Lipinski definition) is 6. The quantitative estimate of drug-likeness (QED) is 0.403. The third kappa shape index (κ3) is 21.9. The minimum absolute atomic E-state index is 0.166. The zero-order valence-corrected chi connectivity index (χ0v) is 20.0. The second-order valence-electron chi connectivity index (χ2n) is 7.82. The van der Waals surface area contributed by atoms with Crippen LogP contribution in [0, 0.1) is 17.4 Å². The van der Waals surface area contributed by atoms with Crippen molar-refractivity contribution in [3.63, 3.8) is 0 Å². The molecule has 8 heteroatoms. The lowest BCUT2D eigenvalue weighted by molar-refractivity contribution is -0.124. The molecule has 0 saturated heterocycles. The molecule has 170 valence electrons. The highest BCUT2D eigenvalue weighted by Crippen LogP contribution is 2.08. The van der Waals surface area contributed by atoms with Crippen LogP contribution in [0.4, 0.5) is 4.79 Å². The Balaban J connectivity index is -0.000000369. The lowest BCUT2D eigenvalue weighted by Gasteiger charge is -2.24. The summed E-state index contributed by atoms with van der Waals surface area (Å²) in [4.78, 5) is 25.1. The molecule has 0 heterocycles. The predicted molar refractivity (Wildman–Crippen MR) is 117 cm³/mol. The molecule has 0 saturated carbocycles. The zero-order valence-electron chi connectivity index (χ0n) is 20.0. The molecule has 29 heavy (non-hydrogen) atoms. The van der Waals surface area contributed by atoms with Crippen molar-refractivity contribution in [1.82, 2.24) is 9.80 Å². The molecule has 0 atom stereocenters. The molecular weight excluding hydrogens is 372 g/mol. The summed E-state index contributed by atoms with van der Waals surface area (Å²) in [6.45, 7) is 14.8. The van der Waals surface area contributed by atoms with Crippen LogP contribution in [-0.2, 0) is 14.3 Å². The van der Waals surface area contributed by atoms with Gasteiger partial charge in [0.1, 0.15) is 11.9 Å². The fourth-order valence-electron chi connectivity index (χ4n) is 1.43. The number of rotatable bonds is 6. The molecule has 0 aliphatic rings. The van der Waals surface area contributed by atoms with Crippen LogP contribution in [0.2, 0.25) is 0 Å². The van der Waals surface area contributed by atoms with Crippen molar-refractivity contribution in [2.45, 2.75) is 66.9 Å². The van der Waals surface area contributed by atoms with E-state index in [4.69, 9.17) is 15.7 Å². The Morgan fingerprint density at radius 1 is 1.17 bits per heavy atom. The summed E-state index contributed by atoms with van der Waals surface area (Å²) in [5, 5.41) is 7.99. The van der Waals surface area contributed by atoms with E-state index >= 15 is 0 Å². The van der Waals surface area contributed by atoms with E-state index in [1.807, 2.05) is 20.8 Å². The molecule has 0 aromatic carbocycles. The minimum atomic E-state index is -0.431. The smallest absolute Gasteiger partial charge is 0.410 e. The van der Waals surface area contributed by atoms with Gasteiger partial charge in [0.05, 0.1) is 5.57 Å². The Kier molecular flexibility index (Phi) is 19.3. The highest BCUT2D eigenvalue weighted by Gasteiger charge is 2.18. The van der Waals surface area contributed by atoms with E-state index in [9.17, 15) is 9.59 Å². The van der Waals surface area contributed by atoms with Gasteiger partial charge in [-0.25, -0.2) is 4.79 Å². The third-order valence-electron chi connectivity index (χ3n) is 3.60. The van der Waals surface area contributed by atoms with Crippen molar-refractivity contribution in [2.75, 3.05) is 34.2 Å². The van der Waals surface area contributed by atoms with E-state index in [1.54, 1.807) is 28.1 Å². The summed E-state index contributed by atoms with van der Waals surface area (Å²) in [6, 6.07) is 0. The van der Waals surface area contributed by atoms with Crippen LogP contribution < -0.4 is 5.73 Å². The predicted octanol–water partition coefficient (Wildman–Crippen LogP) is 3.73. The topological polar surface area (TPSA) is 109 Å². The highest BCUT2D eigenvalue weighted by atomic mass is 16.6. The molecule has 0 bridgehead atoms. The van der Waals surface area contributed by atoms with Gasteiger partial charge < -0.3 is 25.0 Å².